The fraction of sp³-hybridized carbons (Fsp3) is 0.429. The number of ketones is 1. The number of rotatable bonds is 3. The number of pyridine rings is 1. The Morgan fingerprint density at radius 1 is 1.32 bits per heavy atom. The van der Waals surface area contributed by atoms with E-state index in [1.807, 2.05) is 25.1 Å². The molecule has 28 heavy (non-hydrogen) atoms. The Labute approximate surface area is 167 Å². The van der Waals surface area contributed by atoms with Crippen LogP contribution in [-0.2, 0) is 16.9 Å². The van der Waals surface area contributed by atoms with Crippen LogP contribution < -0.4 is 4.74 Å². The molecule has 0 N–H and O–H groups in total. The number of nitrogens with zero attached hydrogens (tertiary/aromatic N) is 2. The molecule has 7 heteroatoms. The zero-order chi connectivity index (χ0) is 20.3. The van der Waals surface area contributed by atoms with Gasteiger partial charge in [0.15, 0.2) is 11.5 Å². The van der Waals surface area contributed by atoms with E-state index in [9.17, 15) is 13.7 Å². The fourth-order valence-electron chi connectivity index (χ4n) is 3.74. The molecular weight excluding hydrogens is 379 g/mol. The van der Waals surface area contributed by atoms with E-state index in [0.29, 0.717) is 35.9 Å². The van der Waals surface area contributed by atoms with E-state index in [2.05, 4.69) is 4.98 Å². The van der Waals surface area contributed by atoms with Crippen molar-refractivity contribution in [3.8, 4) is 17.0 Å². The largest absolute Gasteiger partial charge is 0.597 e. The molecule has 2 aromatic rings. The number of aromatic nitrogens is 1. The minimum atomic E-state index is -1.20. The summed E-state index contributed by atoms with van der Waals surface area (Å²) in [5.74, 6) is 0.0921. The molecule has 0 saturated carbocycles. The molecule has 1 fully saturated rings. The number of hydrogen-bond donors (Lipinski definition) is 0. The first kappa shape index (κ1) is 19.4. The van der Waals surface area contributed by atoms with E-state index < -0.39 is 21.6 Å². The molecule has 2 aliphatic rings. The highest BCUT2D eigenvalue weighted by Gasteiger charge is 2.60. The molecule has 2 atom stereocenters. The van der Waals surface area contributed by atoms with Crippen molar-refractivity contribution in [1.82, 2.24) is 9.29 Å². The van der Waals surface area contributed by atoms with Crippen molar-refractivity contribution in [3.63, 3.8) is 0 Å². The first-order valence-corrected chi connectivity index (χ1v) is 10.4. The van der Waals surface area contributed by atoms with Crippen LogP contribution in [0.1, 0.15) is 50.2 Å². The molecule has 5 nitrogen and oxygen atoms in total. The van der Waals surface area contributed by atoms with Gasteiger partial charge in [-0.2, -0.15) is 0 Å². The molecule has 0 amide bonds. The van der Waals surface area contributed by atoms with E-state index in [4.69, 9.17) is 4.74 Å². The fourth-order valence-corrected chi connectivity index (χ4v) is 5.21. The Morgan fingerprint density at radius 2 is 2.00 bits per heavy atom. The summed E-state index contributed by atoms with van der Waals surface area (Å²) < 4.78 is 34.1. The number of hydrogen-bond acceptors (Lipinski definition) is 5. The lowest BCUT2D eigenvalue weighted by Gasteiger charge is -2.50. The molecule has 2 aliphatic heterocycles. The topological polar surface area (TPSA) is 65.5 Å². The molecule has 1 saturated heterocycles. The van der Waals surface area contributed by atoms with Crippen molar-refractivity contribution in [1.29, 1.82) is 0 Å². The Morgan fingerprint density at radius 3 is 2.54 bits per heavy atom. The number of ether oxygens (including phenoxy) is 1. The van der Waals surface area contributed by atoms with Gasteiger partial charge in [0.05, 0.1) is 0 Å². The Hall–Kier alpha value is -1.96. The molecule has 2 unspecified atom stereocenters. The van der Waals surface area contributed by atoms with Crippen LogP contribution in [-0.4, -0.2) is 37.5 Å². The van der Waals surface area contributed by atoms with Crippen LogP contribution in [0.4, 0.5) is 4.39 Å². The number of benzene rings is 1. The number of carbonyl (C=O) groups is 1. The van der Waals surface area contributed by atoms with Gasteiger partial charge in [0.1, 0.15) is 34.1 Å². The second kappa shape index (κ2) is 6.54. The molecule has 4 rings (SSSR count). The summed E-state index contributed by atoms with van der Waals surface area (Å²) in [6.07, 6.45) is 0.798. The van der Waals surface area contributed by atoms with Crippen LogP contribution in [0.25, 0.3) is 11.3 Å². The van der Waals surface area contributed by atoms with Crippen LogP contribution in [0.3, 0.4) is 0 Å². The minimum Gasteiger partial charge on any atom is -0.597 e. The summed E-state index contributed by atoms with van der Waals surface area (Å²) in [6.45, 7) is 8.38. The third kappa shape index (κ3) is 2.93. The minimum absolute atomic E-state index is 0.156. The average molecular weight is 402 g/mol. The summed E-state index contributed by atoms with van der Waals surface area (Å²) >= 11 is -1.20. The van der Waals surface area contributed by atoms with E-state index >= 15 is 0 Å². The van der Waals surface area contributed by atoms with Crippen molar-refractivity contribution in [2.45, 2.75) is 44.4 Å². The Kier molecular flexibility index (Phi) is 4.52. The molecule has 1 aromatic heterocycles. The number of Topliss-reactive ketones (excluding diaryl/α,β-unsaturated/α-hetero) is 1. The maximum atomic E-state index is 13.4. The SMILES string of the molecule is CC(=O)c1cc2c(c(-c3ccc(F)cc3)n1)OCC21CCN1[S+]([O-])C(C)(C)C. The molecule has 0 bridgehead atoms. The highest BCUT2D eigenvalue weighted by Crippen LogP contribution is 2.54. The third-order valence-electron chi connectivity index (χ3n) is 5.34. The molecule has 1 spiro atoms. The molecular formula is C21H23FN2O3S. The van der Waals surface area contributed by atoms with Gasteiger partial charge in [-0.05, 0) is 57.5 Å². The first-order valence-electron chi connectivity index (χ1n) is 9.28. The first-order chi connectivity index (χ1) is 13.1. The molecule has 0 radical (unpaired) electrons. The Bertz CT molecular complexity index is 942. The van der Waals surface area contributed by atoms with Crippen molar-refractivity contribution < 1.29 is 18.5 Å². The zero-order valence-corrected chi connectivity index (χ0v) is 17.2. The smallest absolute Gasteiger partial charge is 0.178 e. The normalized spacial score (nSPS) is 22.5. The van der Waals surface area contributed by atoms with Crippen LogP contribution in [0.2, 0.25) is 0 Å². The van der Waals surface area contributed by atoms with Gasteiger partial charge in [-0.3, -0.25) is 4.79 Å². The van der Waals surface area contributed by atoms with Crippen molar-refractivity contribution in [2.24, 2.45) is 0 Å². The number of halogens is 1. The predicted molar refractivity (Wildman–Crippen MR) is 106 cm³/mol. The van der Waals surface area contributed by atoms with Crippen LogP contribution >= 0.6 is 0 Å². The third-order valence-corrected chi connectivity index (χ3v) is 7.32. The van der Waals surface area contributed by atoms with Crippen molar-refractivity contribution >= 4 is 17.1 Å². The van der Waals surface area contributed by atoms with Gasteiger partial charge >= 0.3 is 0 Å². The monoisotopic (exact) mass is 402 g/mol. The summed E-state index contributed by atoms with van der Waals surface area (Å²) in [7, 11) is 0. The summed E-state index contributed by atoms with van der Waals surface area (Å²) in [4.78, 5) is 16.6. The molecule has 1 aromatic carbocycles. The lowest BCUT2D eigenvalue weighted by molar-refractivity contribution is 0.0433. The second-order valence-corrected chi connectivity index (χ2v) is 10.5. The highest BCUT2D eigenvalue weighted by molar-refractivity contribution is 7.90. The van der Waals surface area contributed by atoms with E-state index in [1.165, 1.54) is 19.1 Å². The van der Waals surface area contributed by atoms with Gasteiger partial charge in [0, 0.05) is 36.0 Å². The van der Waals surface area contributed by atoms with E-state index in [1.54, 1.807) is 18.2 Å². The maximum absolute atomic E-state index is 13.4. The van der Waals surface area contributed by atoms with Crippen LogP contribution in [0.5, 0.6) is 5.75 Å². The summed E-state index contributed by atoms with van der Waals surface area (Å²) in [6, 6.07) is 7.74. The maximum Gasteiger partial charge on any atom is 0.178 e. The summed E-state index contributed by atoms with van der Waals surface area (Å²) in [5, 5.41) is 0. The average Bonchev–Trinajstić information content (AvgIpc) is 3.01. The lowest BCUT2D eigenvalue weighted by atomic mass is 9.82. The number of fused-ring (bicyclic) bond motifs is 2. The standard InChI is InChI=1S/C21H23FN2O3S/c1-13(25)17-11-16-19(18(23-17)14-5-7-15(22)8-6-14)27-12-21(16)9-10-24(21)28(26)20(2,3)4/h5-8,11H,9-10,12H2,1-4H3. The van der Waals surface area contributed by atoms with Gasteiger partial charge in [0.25, 0.3) is 0 Å². The second-order valence-electron chi connectivity index (χ2n) is 8.33. The summed E-state index contributed by atoms with van der Waals surface area (Å²) in [5.41, 5.74) is 1.86. The van der Waals surface area contributed by atoms with Gasteiger partial charge in [-0.15, -0.1) is 4.31 Å². The van der Waals surface area contributed by atoms with E-state index in [-0.39, 0.29) is 11.6 Å². The Balaban J connectivity index is 1.86. The molecule has 148 valence electrons. The highest BCUT2D eigenvalue weighted by atomic mass is 32.2. The number of carbonyl (C=O) groups excluding carboxylic acids is 1. The van der Waals surface area contributed by atoms with Crippen molar-refractivity contribution in [3.05, 3.63) is 47.4 Å². The molecule has 3 heterocycles. The quantitative estimate of drug-likeness (QED) is 0.576. The zero-order valence-electron chi connectivity index (χ0n) is 16.4. The van der Waals surface area contributed by atoms with Crippen molar-refractivity contribution in [2.75, 3.05) is 13.2 Å². The van der Waals surface area contributed by atoms with E-state index in [0.717, 1.165) is 12.0 Å². The van der Waals surface area contributed by atoms with Gasteiger partial charge in [0.2, 0.25) is 0 Å². The van der Waals surface area contributed by atoms with Crippen LogP contribution in [0, 0.1) is 5.82 Å². The molecule has 0 aliphatic carbocycles. The lowest BCUT2D eigenvalue weighted by Crippen LogP contribution is -2.63. The van der Waals surface area contributed by atoms with Gasteiger partial charge in [-0.25, -0.2) is 9.37 Å². The van der Waals surface area contributed by atoms with Crippen LogP contribution in [0.15, 0.2) is 30.3 Å². The van der Waals surface area contributed by atoms with Gasteiger partial charge < -0.3 is 9.29 Å². The predicted octanol–water partition coefficient (Wildman–Crippen LogP) is 3.85. The van der Waals surface area contributed by atoms with Gasteiger partial charge in [-0.1, -0.05) is 0 Å².